The summed E-state index contributed by atoms with van der Waals surface area (Å²) in [6, 6.07) is 2.49. The summed E-state index contributed by atoms with van der Waals surface area (Å²) in [7, 11) is 0. The SMILES string of the molecule is CCC(CC)n1ccc(Cn2cc(CCO)nn2)n1. The number of hydrogen-bond acceptors (Lipinski definition) is 4. The first-order valence-electron chi connectivity index (χ1n) is 6.80. The average molecular weight is 263 g/mol. The molecule has 0 bridgehead atoms. The normalized spacial score (nSPS) is 11.4. The highest BCUT2D eigenvalue weighted by Gasteiger charge is 2.09. The van der Waals surface area contributed by atoms with E-state index in [0.717, 1.165) is 24.2 Å². The first-order valence-corrected chi connectivity index (χ1v) is 6.80. The van der Waals surface area contributed by atoms with Crippen LogP contribution in [0.25, 0.3) is 0 Å². The zero-order chi connectivity index (χ0) is 13.7. The Bertz CT molecular complexity index is 501. The van der Waals surface area contributed by atoms with Crippen LogP contribution in [-0.2, 0) is 13.0 Å². The van der Waals surface area contributed by atoms with Crippen LogP contribution in [0.4, 0.5) is 0 Å². The molecule has 1 N–H and O–H groups in total. The summed E-state index contributed by atoms with van der Waals surface area (Å²) >= 11 is 0. The van der Waals surface area contributed by atoms with E-state index in [-0.39, 0.29) is 6.61 Å². The van der Waals surface area contributed by atoms with E-state index in [0.29, 0.717) is 19.0 Å². The van der Waals surface area contributed by atoms with E-state index in [9.17, 15) is 0 Å². The second-order valence-electron chi connectivity index (χ2n) is 4.64. The summed E-state index contributed by atoms with van der Waals surface area (Å²) < 4.78 is 3.78. The van der Waals surface area contributed by atoms with Gasteiger partial charge < -0.3 is 5.11 Å². The molecule has 6 nitrogen and oxygen atoms in total. The molecule has 0 aliphatic carbocycles. The van der Waals surface area contributed by atoms with Gasteiger partial charge in [-0.3, -0.25) is 4.68 Å². The number of aliphatic hydroxyl groups excluding tert-OH is 1. The summed E-state index contributed by atoms with van der Waals surface area (Å²) in [5.41, 5.74) is 1.79. The van der Waals surface area contributed by atoms with Gasteiger partial charge in [-0.15, -0.1) is 5.10 Å². The largest absolute Gasteiger partial charge is 0.396 e. The Morgan fingerprint density at radius 2 is 2.05 bits per heavy atom. The molecule has 0 unspecified atom stereocenters. The van der Waals surface area contributed by atoms with E-state index in [2.05, 4.69) is 29.3 Å². The third-order valence-electron chi connectivity index (χ3n) is 3.26. The van der Waals surface area contributed by atoms with Gasteiger partial charge in [-0.2, -0.15) is 5.10 Å². The second kappa shape index (κ2) is 6.47. The lowest BCUT2D eigenvalue weighted by molar-refractivity contribution is 0.298. The molecule has 2 heterocycles. The maximum atomic E-state index is 8.84. The average Bonchev–Trinajstić information content (AvgIpc) is 3.02. The van der Waals surface area contributed by atoms with Crippen LogP contribution in [-0.4, -0.2) is 36.5 Å². The van der Waals surface area contributed by atoms with Gasteiger partial charge in [0.1, 0.15) is 0 Å². The first-order chi connectivity index (χ1) is 9.26. The molecule has 104 valence electrons. The molecule has 0 radical (unpaired) electrons. The summed E-state index contributed by atoms with van der Waals surface area (Å²) in [4.78, 5) is 0. The van der Waals surface area contributed by atoms with Gasteiger partial charge in [0.15, 0.2) is 0 Å². The van der Waals surface area contributed by atoms with Crippen molar-refractivity contribution in [2.45, 2.75) is 45.7 Å². The van der Waals surface area contributed by atoms with Crippen LogP contribution in [0.1, 0.15) is 44.1 Å². The number of rotatable bonds is 7. The first kappa shape index (κ1) is 13.7. The molecule has 0 saturated carbocycles. The van der Waals surface area contributed by atoms with Gasteiger partial charge in [0.25, 0.3) is 0 Å². The van der Waals surface area contributed by atoms with Crippen molar-refractivity contribution in [1.82, 2.24) is 24.8 Å². The molecule has 0 fully saturated rings. The molecule has 6 heteroatoms. The standard InChI is InChI=1S/C13H21N5O/c1-3-13(4-2)18-7-5-12(15-18)10-17-9-11(6-8-19)14-16-17/h5,7,9,13,19H,3-4,6,8,10H2,1-2H3. The molecule has 2 aromatic heterocycles. The Kier molecular flexibility index (Phi) is 4.68. The number of aliphatic hydroxyl groups is 1. The van der Waals surface area contributed by atoms with Crippen molar-refractivity contribution in [3.63, 3.8) is 0 Å². The van der Waals surface area contributed by atoms with Gasteiger partial charge in [-0.1, -0.05) is 19.1 Å². The Labute approximate surface area is 113 Å². The van der Waals surface area contributed by atoms with E-state index in [4.69, 9.17) is 5.11 Å². The molecule has 0 aliphatic rings. The molecule has 2 rings (SSSR count). The predicted octanol–water partition coefficient (Wildman–Crippen LogP) is 1.42. The molecular formula is C13H21N5O. The third-order valence-corrected chi connectivity index (χ3v) is 3.26. The van der Waals surface area contributed by atoms with E-state index in [1.54, 1.807) is 4.68 Å². The van der Waals surface area contributed by atoms with Crippen LogP contribution in [0.2, 0.25) is 0 Å². The zero-order valence-electron chi connectivity index (χ0n) is 11.5. The molecule has 0 amide bonds. The highest BCUT2D eigenvalue weighted by atomic mass is 16.3. The zero-order valence-corrected chi connectivity index (χ0v) is 11.5. The molecule has 0 saturated heterocycles. The smallest absolute Gasteiger partial charge is 0.0867 e. The molecule has 0 atom stereocenters. The Hall–Kier alpha value is -1.69. The Morgan fingerprint density at radius 3 is 2.74 bits per heavy atom. The van der Waals surface area contributed by atoms with E-state index >= 15 is 0 Å². The van der Waals surface area contributed by atoms with Crippen molar-refractivity contribution in [3.8, 4) is 0 Å². The van der Waals surface area contributed by atoms with Gasteiger partial charge in [-0.25, -0.2) is 4.68 Å². The monoisotopic (exact) mass is 263 g/mol. The van der Waals surface area contributed by atoms with Crippen LogP contribution < -0.4 is 0 Å². The minimum atomic E-state index is 0.0992. The molecule has 2 aromatic rings. The summed E-state index contributed by atoms with van der Waals surface area (Å²) in [6.45, 7) is 5.07. The molecular weight excluding hydrogens is 242 g/mol. The summed E-state index contributed by atoms with van der Waals surface area (Å²) in [5.74, 6) is 0. The maximum absolute atomic E-state index is 8.84. The molecule has 0 aromatic carbocycles. The van der Waals surface area contributed by atoms with Gasteiger partial charge in [0.05, 0.1) is 24.0 Å². The maximum Gasteiger partial charge on any atom is 0.0867 e. The van der Waals surface area contributed by atoms with Crippen molar-refractivity contribution >= 4 is 0 Å². The van der Waals surface area contributed by atoms with Crippen LogP contribution in [0, 0.1) is 0 Å². The number of aromatic nitrogens is 5. The topological polar surface area (TPSA) is 68.8 Å². The van der Waals surface area contributed by atoms with Gasteiger partial charge in [-0.05, 0) is 18.9 Å². The van der Waals surface area contributed by atoms with Crippen LogP contribution in [0.5, 0.6) is 0 Å². The van der Waals surface area contributed by atoms with E-state index in [1.165, 1.54) is 0 Å². The molecule has 19 heavy (non-hydrogen) atoms. The van der Waals surface area contributed by atoms with Crippen LogP contribution in [0.3, 0.4) is 0 Å². The fourth-order valence-electron chi connectivity index (χ4n) is 2.14. The van der Waals surface area contributed by atoms with E-state index < -0.39 is 0 Å². The van der Waals surface area contributed by atoms with Crippen LogP contribution in [0.15, 0.2) is 18.5 Å². The lowest BCUT2D eigenvalue weighted by Crippen LogP contribution is -2.09. The lowest BCUT2D eigenvalue weighted by Gasteiger charge is -2.12. The summed E-state index contributed by atoms with van der Waals surface area (Å²) in [6.07, 6.45) is 6.59. The van der Waals surface area contributed by atoms with Gasteiger partial charge >= 0.3 is 0 Å². The number of nitrogens with zero attached hydrogens (tertiary/aromatic N) is 5. The summed E-state index contributed by atoms with van der Waals surface area (Å²) in [5, 5.41) is 21.5. The second-order valence-corrected chi connectivity index (χ2v) is 4.64. The Morgan fingerprint density at radius 1 is 1.26 bits per heavy atom. The molecule has 0 spiro atoms. The Balaban J connectivity index is 2.02. The lowest BCUT2D eigenvalue weighted by atomic mass is 10.2. The minimum Gasteiger partial charge on any atom is -0.396 e. The van der Waals surface area contributed by atoms with Crippen molar-refractivity contribution in [2.24, 2.45) is 0 Å². The predicted molar refractivity (Wildman–Crippen MR) is 71.8 cm³/mol. The van der Waals surface area contributed by atoms with Gasteiger partial charge in [0, 0.05) is 25.4 Å². The minimum absolute atomic E-state index is 0.0992. The fraction of sp³-hybridized carbons (Fsp3) is 0.615. The quantitative estimate of drug-likeness (QED) is 0.820. The van der Waals surface area contributed by atoms with E-state index in [1.807, 2.05) is 23.1 Å². The third kappa shape index (κ3) is 3.41. The molecule has 0 aliphatic heterocycles. The van der Waals surface area contributed by atoms with Gasteiger partial charge in [0.2, 0.25) is 0 Å². The highest BCUT2D eigenvalue weighted by Crippen LogP contribution is 2.14. The number of hydrogen-bond donors (Lipinski definition) is 1. The van der Waals surface area contributed by atoms with Crippen molar-refractivity contribution in [3.05, 3.63) is 29.8 Å². The van der Waals surface area contributed by atoms with Crippen molar-refractivity contribution in [1.29, 1.82) is 0 Å². The fourth-order valence-corrected chi connectivity index (χ4v) is 2.14. The van der Waals surface area contributed by atoms with Crippen molar-refractivity contribution < 1.29 is 5.11 Å². The highest BCUT2D eigenvalue weighted by molar-refractivity contribution is 5.02. The van der Waals surface area contributed by atoms with Crippen molar-refractivity contribution in [2.75, 3.05) is 6.61 Å². The van der Waals surface area contributed by atoms with Crippen LogP contribution >= 0.6 is 0 Å².